The Morgan fingerprint density at radius 2 is 1.17 bits per heavy atom. The molecular weight excluding hydrogens is 837 g/mol. The molecular formula is C54H46N2O6S2. The number of carboxylic acids is 2. The molecule has 0 bridgehead atoms. The van der Waals surface area contributed by atoms with Crippen molar-refractivity contribution in [1.29, 1.82) is 0 Å². The smallest absolute Gasteiger partial charge is 0.336 e. The molecule has 10 heteroatoms. The Morgan fingerprint density at radius 3 is 1.70 bits per heavy atom. The molecule has 0 radical (unpaired) electrons. The van der Waals surface area contributed by atoms with Gasteiger partial charge in [-0.2, -0.15) is 0 Å². The molecule has 1 fully saturated rings. The summed E-state index contributed by atoms with van der Waals surface area (Å²) >= 11 is 3.26. The van der Waals surface area contributed by atoms with E-state index in [1.165, 1.54) is 5.56 Å². The molecule has 0 spiro atoms. The Kier molecular flexibility index (Phi) is 10.7. The van der Waals surface area contributed by atoms with E-state index in [-0.39, 0.29) is 29.3 Å². The van der Waals surface area contributed by atoms with Crippen LogP contribution in [0.3, 0.4) is 0 Å². The number of hydrogen-bond donors (Lipinski definition) is 2. The van der Waals surface area contributed by atoms with Crippen LogP contribution in [-0.4, -0.2) is 38.2 Å². The molecule has 9 aromatic rings. The summed E-state index contributed by atoms with van der Waals surface area (Å²) in [6.45, 7) is 10.0. The molecule has 3 atom stereocenters. The van der Waals surface area contributed by atoms with E-state index in [0.29, 0.717) is 44.7 Å². The lowest BCUT2D eigenvalue weighted by Gasteiger charge is -2.30. The Balaban J connectivity index is 0.888. The zero-order valence-electron chi connectivity index (χ0n) is 36.2. The maximum Gasteiger partial charge on any atom is 0.336 e. The second kappa shape index (κ2) is 16.5. The summed E-state index contributed by atoms with van der Waals surface area (Å²) in [6, 6.07) is 36.0. The fourth-order valence-corrected chi connectivity index (χ4v) is 11.9. The number of nitrogens with zero attached hydrogens (tertiary/aromatic N) is 2. The van der Waals surface area contributed by atoms with Gasteiger partial charge in [0.2, 0.25) is 0 Å². The summed E-state index contributed by atoms with van der Waals surface area (Å²) in [4.78, 5) is 37.9. The van der Waals surface area contributed by atoms with Gasteiger partial charge in [-0.15, -0.1) is 22.7 Å². The molecule has 320 valence electrons. The highest BCUT2D eigenvalue weighted by Gasteiger charge is 2.28. The fourth-order valence-electron chi connectivity index (χ4n) is 9.52. The number of aromatic nitrogens is 2. The fraction of sp³-hybridized carbons (Fsp3) is 0.222. The van der Waals surface area contributed by atoms with Gasteiger partial charge < -0.3 is 19.7 Å². The standard InChI is InChI=1S/C54H46N2O6S2/c1-28-17-23-43(47-39(53(57)58)26-41(55-49(28)47)51-30(3)37-13-6-8-15-45(37)63-51)61-32(5)33-19-21-34(22-20-33)35-11-10-12-36(25-35)62-44-24-18-29(2)50-48(44)40(54(59)60)27-42(56-50)52-31(4)38-14-7-9-16-46(38)64-52/h6-9,13-24,26-27,32,35-36H,10-12,25H2,1-5H3,(H,57,58)(H,59,60)/t32-,35?,36?/m1/s1. The summed E-state index contributed by atoms with van der Waals surface area (Å²) in [5, 5.41) is 24.4. The molecule has 1 aliphatic carbocycles. The number of carbonyl (C=O) groups is 2. The first kappa shape index (κ1) is 41.4. The first-order valence-electron chi connectivity index (χ1n) is 21.7. The van der Waals surface area contributed by atoms with Gasteiger partial charge in [-0.1, -0.05) is 72.8 Å². The quantitative estimate of drug-likeness (QED) is 0.139. The van der Waals surface area contributed by atoms with Crippen LogP contribution >= 0.6 is 22.7 Å². The van der Waals surface area contributed by atoms with Gasteiger partial charge in [-0.25, -0.2) is 19.6 Å². The van der Waals surface area contributed by atoms with Gasteiger partial charge in [0, 0.05) is 9.40 Å². The number of benzene rings is 5. The van der Waals surface area contributed by atoms with Gasteiger partial charge in [-0.05, 0) is 147 Å². The topological polar surface area (TPSA) is 119 Å². The molecule has 1 aliphatic rings. The molecule has 1 saturated carbocycles. The Labute approximate surface area is 378 Å². The molecule has 0 saturated heterocycles. The van der Waals surface area contributed by atoms with E-state index in [9.17, 15) is 19.8 Å². The number of pyridine rings is 2. The van der Waals surface area contributed by atoms with Gasteiger partial charge >= 0.3 is 11.9 Å². The SMILES string of the molecule is Cc1c(-c2cc(C(=O)O)c3c(OC4CCCC(c5ccc([C@@H](C)Oc6ccc(C)c7nc(-c8sc9ccccc9c8C)cc(C(=O)O)c67)cc5)C4)ccc(C)c3n2)sc2ccccc12. The van der Waals surface area contributed by atoms with Crippen molar-refractivity contribution in [3.63, 3.8) is 0 Å². The van der Waals surface area contributed by atoms with Gasteiger partial charge in [0.1, 0.15) is 17.6 Å². The van der Waals surface area contributed by atoms with Crippen LogP contribution in [0.2, 0.25) is 0 Å². The van der Waals surface area contributed by atoms with Gasteiger partial charge in [-0.3, -0.25) is 0 Å². The first-order valence-corrected chi connectivity index (χ1v) is 23.3. The van der Waals surface area contributed by atoms with E-state index in [4.69, 9.17) is 19.4 Å². The second-order valence-electron chi connectivity index (χ2n) is 17.1. The minimum absolute atomic E-state index is 0.104. The lowest BCUT2D eigenvalue weighted by molar-refractivity contribution is 0.0687. The summed E-state index contributed by atoms with van der Waals surface area (Å²) in [5.41, 5.74) is 9.03. The van der Waals surface area contributed by atoms with Crippen LogP contribution < -0.4 is 9.47 Å². The highest BCUT2D eigenvalue weighted by molar-refractivity contribution is 7.22. The van der Waals surface area contributed by atoms with Crippen molar-refractivity contribution in [3.05, 3.63) is 154 Å². The van der Waals surface area contributed by atoms with Crippen molar-refractivity contribution in [1.82, 2.24) is 9.97 Å². The molecule has 0 aliphatic heterocycles. The van der Waals surface area contributed by atoms with Gasteiger partial charge in [0.25, 0.3) is 0 Å². The Hall–Kier alpha value is -6.62. The number of thiophene rings is 2. The molecule has 10 rings (SSSR count). The maximum atomic E-state index is 12.9. The van der Waals surface area contributed by atoms with Crippen LogP contribution in [-0.2, 0) is 0 Å². The van der Waals surface area contributed by atoms with E-state index in [2.05, 4.69) is 62.4 Å². The third-order valence-corrected chi connectivity index (χ3v) is 15.6. The van der Waals surface area contributed by atoms with Crippen molar-refractivity contribution in [2.45, 2.75) is 78.4 Å². The van der Waals surface area contributed by atoms with Crippen LogP contribution in [0.25, 0.3) is 63.1 Å². The second-order valence-corrected chi connectivity index (χ2v) is 19.2. The molecule has 5 aromatic carbocycles. The summed E-state index contributed by atoms with van der Waals surface area (Å²) in [5.74, 6) is -0.760. The number of aryl methyl sites for hydroxylation is 4. The highest BCUT2D eigenvalue weighted by Crippen LogP contribution is 2.44. The number of fused-ring (bicyclic) bond motifs is 4. The van der Waals surface area contributed by atoms with Crippen molar-refractivity contribution in [2.75, 3.05) is 0 Å². The zero-order valence-corrected chi connectivity index (χ0v) is 37.8. The number of ether oxygens (including phenoxy) is 2. The van der Waals surface area contributed by atoms with Crippen molar-refractivity contribution < 1.29 is 29.3 Å². The third kappa shape index (κ3) is 7.34. The highest BCUT2D eigenvalue weighted by atomic mass is 32.1. The number of hydrogen-bond acceptors (Lipinski definition) is 8. The third-order valence-electron chi connectivity index (χ3n) is 13.0. The molecule has 0 amide bonds. The van der Waals surface area contributed by atoms with E-state index in [1.807, 2.05) is 69.3 Å². The summed E-state index contributed by atoms with van der Waals surface area (Å²) in [6.07, 6.45) is 3.18. The average Bonchev–Trinajstić information content (AvgIpc) is 3.83. The van der Waals surface area contributed by atoms with Crippen molar-refractivity contribution in [3.8, 4) is 32.6 Å². The molecule has 8 nitrogen and oxygen atoms in total. The number of rotatable bonds is 10. The average molecular weight is 883 g/mol. The van der Waals surface area contributed by atoms with Crippen LogP contribution in [0.1, 0.15) is 98.7 Å². The minimum atomic E-state index is -1.03. The first-order chi connectivity index (χ1) is 30.9. The van der Waals surface area contributed by atoms with Crippen LogP contribution in [0.4, 0.5) is 0 Å². The molecule has 64 heavy (non-hydrogen) atoms. The predicted molar refractivity (Wildman–Crippen MR) is 259 cm³/mol. The Morgan fingerprint density at radius 1 is 0.656 bits per heavy atom. The normalized spacial score (nSPS) is 15.8. The summed E-state index contributed by atoms with van der Waals surface area (Å²) in [7, 11) is 0. The molecule has 4 heterocycles. The lowest BCUT2D eigenvalue weighted by atomic mass is 9.82. The van der Waals surface area contributed by atoms with Gasteiger partial charge in [0.05, 0.1) is 60.2 Å². The summed E-state index contributed by atoms with van der Waals surface area (Å²) < 4.78 is 15.6. The van der Waals surface area contributed by atoms with Gasteiger partial charge in [0.15, 0.2) is 0 Å². The number of carboxylic acid groups (broad SMARTS) is 2. The molecule has 2 N–H and O–H groups in total. The molecule has 4 aromatic heterocycles. The van der Waals surface area contributed by atoms with Crippen molar-refractivity contribution in [2.24, 2.45) is 0 Å². The zero-order chi connectivity index (χ0) is 44.4. The van der Waals surface area contributed by atoms with E-state index >= 15 is 0 Å². The van der Waals surface area contributed by atoms with Crippen LogP contribution in [0, 0.1) is 27.7 Å². The minimum Gasteiger partial charge on any atom is -0.490 e. The largest absolute Gasteiger partial charge is 0.490 e. The van der Waals surface area contributed by atoms with E-state index in [0.717, 1.165) is 83.4 Å². The lowest BCUT2D eigenvalue weighted by Crippen LogP contribution is -2.24. The maximum absolute atomic E-state index is 12.9. The molecule has 2 unspecified atom stereocenters. The van der Waals surface area contributed by atoms with Crippen molar-refractivity contribution >= 4 is 76.6 Å². The predicted octanol–water partition coefficient (Wildman–Crippen LogP) is 14.4. The van der Waals surface area contributed by atoms with Crippen LogP contribution in [0.15, 0.2) is 109 Å². The van der Waals surface area contributed by atoms with E-state index in [1.54, 1.807) is 34.8 Å². The van der Waals surface area contributed by atoms with Crippen LogP contribution in [0.5, 0.6) is 11.5 Å². The number of aromatic carboxylic acids is 2. The Bertz CT molecular complexity index is 3330. The van der Waals surface area contributed by atoms with E-state index < -0.39 is 11.9 Å². The monoisotopic (exact) mass is 882 g/mol.